The summed E-state index contributed by atoms with van der Waals surface area (Å²) in [4.78, 5) is 0. The highest BCUT2D eigenvalue weighted by Crippen LogP contribution is 2.54. The first-order chi connectivity index (χ1) is 4.45. The first-order valence-corrected chi connectivity index (χ1v) is 3.90. The van der Waals surface area contributed by atoms with Crippen molar-refractivity contribution in [3.05, 3.63) is 11.1 Å². The Morgan fingerprint density at radius 1 is 1.33 bits per heavy atom. The molecule has 1 N–H and O–H groups in total. The van der Waals surface area contributed by atoms with Gasteiger partial charge in [-0.1, -0.05) is 0 Å². The molecule has 0 aromatic rings. The van der Waals surface area contributed by atoms with Crippen molar-refractivity contribution >= 4 is 0 Å². The Morgan fingerprint density at radius 2 is 2.11 bits per heavy atom. The summed E-state index contributed by atoms with van der Waals surface area (Å²) in [7, 11) is 0. The van der Waals surface area contributed by atoms with E-state index in [4.69, 9.17) is 0 Å². The van der Waals surface area contributed by atoms with Crippen LogP contribution in [0.5, 0.6) is 0 Å². The maximum Gasteiger partial charge on any atom is 0.0508 e. The Bertz CT molecular complexity index is 177. The third-order valence-corrected chi connectivity index (χ3v) is 2.59. The summed E-state index contributed by atoms with van der Waals surface area (Å²) in [6, 6.07) is 0.825. The summed E-state index contributed by atoms with van der Waals surface area (Å²) in [5.74, 6) is 1.05. The Balaban J connectivity index is 1.42. The smallest absolute Gasteiger partial charge is 0.0508 e. The lowest BCUT2D eigenvalue weighted by molar-refractivity contribution is 0.618. The Morgan fingerprint density at radius 3 is 2.56 bits per heavy atom. The second kappa shape index (κ2) is 1.24. The van der Waals surface area contributed by atoms with Gasteiger partial charge in [0.15, 0.2) is 0 Å². The SMILES string of the molecule is C1C2=C1C2NCC1CC1. The van der Waals surface area contributed by atoms with E-state index < -0.39 is 0 Å². The van der Waals surface area contributed by atoms with Crippen LogP contribution in [0.1, 0.15) is 19.3 Å². The quantitative estimate of drug-likeness (QED) is 0.551. The second-order valence-corrected chi connectivity index (χ2v) is 3.51. The van der Waals surface area contributed by atoms with E-state index in [0.717, 1.165) is 12.0 Å². The predicted octanol–water partition coefficient (Wildman–Crippen LogP) is 1.07. The van der Waals surface area contributed by atoms with Crippen molar-refractivity contribution in [2.24, 2.45) is 5.92 Å². The van der Waals surface area contributed by atoms with Crippen LogP contribution in [0.15, 0.2) is 11.1 Å². The van der Waals surface area contributed by atoms with Crippen molar-refractivity contribution in [2.45, 2.75) is 25.3 Å². The molecular weight excluding hydrogens is 110 g/mol. The first kappa shape index (κ1) is 4.51. The molecule has 1 nitrogen and oxygen atoms in total. The van der Waals surface area contributed by atoms with E-state index >= 15 is 0 Å². The fourth-order valence-electron chi connectivity index (χ4n) is 1.40. The average molecular weight is 121 g/mol. The number of nitrogens with one attached hydrogen (secondary N) is 1. The molecule has 0 spiro atoms. The van der Waals surface area contributed by atoms with Crippen LogP contribution in [-0.4, -0.2) is 12.6 Å². The highest BCUT2D eigenvalue weighted by molar-refractivity contribution is 5.64. The molecule has 0 radical (unpaired) electrons. The molecule has 0 amide bonds. The summed E-state index contributed by atoms with van der Waals surface area (Å²) < 4.78 is 0. The van der Waals surface area contributed by atoms with Gasteiger partial charge in [-0.05, 0) is 42.9 Å². The van der Waals surface area contributed by atoms with Crippen molar-refractivity contribution < 1.29 is 0 Å². The molecule has 0 aromatic carbocycles. The zero-order valence-corrected chi connectivity index (χ0v) is 5.48. The first-order valence-electron chi connectivity index (χ1n) is 3.90. The van der Waals surface area contributed by atoms with Gasteiger partial charge in [-0.15, -0.1) is 0 Å². The van der Waals surface area contributed by atoms with Gasteiger partial charge in [0.25, 0.3) is 0 Å². The standard InChI is InChI=1S/C8H11N/c1-2-5(1)4-9-8-6-3-7(6)8/h5,8-9H,1-4H2. The van der Waals surface area contributed by atoms with Crippen LogP contribution >= 0.6 is 0 Å². The number of hydrogen-bond donors (Lipinski definition) is 1. The Labute approximate surface area is 55.1 Å². The summed E-state index contributed by atoms with van der Waals surface area (Å²) in [6.45, 7) is 1.29. The zero-order chi connectivity index (χ0) is 5.84. The molecule has 3 aliphatic carbocycles. The zero-order valence-electron chi connectivity index (χ0n) is 5.48. The van der Waals surface area contributed by atoms with Gasteiger partial charge in [0, 0.05) is 0 Å². The van der Waals surface area contributed by atoms with Gasteiger partial charge in [-0.3, -0.25) is 0 Å². The van der Waals surface area contributed by atoms with E-state index in [0.29, 0.717) is 0 Å². The molecule has 0 bridgehead atoms. The van der Waals surface area contributed by atoms with Crippen LogP contribution in [0.25, 0.3) is 0 Å². The average Bonchev–Trinajstić information content (AvgIpc) is 2.64. The molecule has 9 heavy (non-hydrogen) atoms. The monoisotopic (exact) mass is 121 g/mol. The maximum absolute atomic E-state index is 3.54. The van der Waals surface area contributed by atoms with Gasteiger partial charge in [-0.2, -0.15) is 0 Å². The van der Waals surface area contributed by atoms with Gasteiger partial charge >= 0.3 is 0 Å². The normalized spacial score (nSPS) is 30.7. The van der Waals surface area contributed by atoms with Crippen LogP contribution in [0, 0.1) is 5.92 Å². The Kier molecular flexibility index (Phi) is 0.620. The molecule has 0 saturated heterocycles. The minimum Gasteiger partial charge on any atom is -0.306 e. The largest absolute Gasteiger partial charge is 0.306 e. The lowest BCUT2D eigenvalue weighted by atomic mass is 10.2. The molecular formula is C8H11N. The summed E-state index contributed by atoms with van der Waals surface area (Å²) in [5, 5.41) is 3.54. The minimum atomic E-state index is 0.825. The van der Waals surface area contributed by atoms with E-state index in [2.05, 4.69) is 5.32 Å². The molecule has 3 rings (SSSR count). The third kappa shape index (κ3) is 0.645. The molecule has 0 atom stereocenters. The van der Waals surface area contributed by atoms with Crippen LogP contribution in [0.3, 0.4) is 0 Å². The van der Waals surface area contributed by atoms with Crippen molar-refractivity contribution in [3.63, 3.8) is 0 Å². The van der Waals surface area contributed by atoms with Crippen LogP contribution in [-0.2, 0) is 0 Å². The summed E-state index contributed by atoms with van der Waals surface area (Å²) in [6.07, 6.45) is 4.33. The van der Waals surface area contributed by atoms with Crippen LogP contribution in [0.2, 0.25) is 0 Å². The second-order valence-electron chi connectivity index (χ2n) is 3.51. The molecule has 3 aliphatic rings. The van der Waals surface area contributed by atoms with E-state index in [-0.39, 0.29) is 0 Å². The van der Waals surface area contributed by atoms with Gasteiger partial charge in [-0.25, -0.2) is 0 Å². The fraction of sp³-hybridized carbons (Fsp3) is 0.750. The van der Waals surface area contributed by atoms with E-state index in [1.54, 1.807) is 11.1 Å². The van der Waals surface area contributed by atoms with E-state index in [1.165, 1.54) is 25.8 Å². The molecule has 1 heteroatoms. The highest BCUT2D eigenvalue weighted by Gasteiger charge is 2.48. The van der Waals surface area contributed by atoms with E-state index in [1.807, 2.05) is 0 Å². The minimum absolute atomic E-state index is 0.825. The number of hydrogen-bond acceptors (Lipinski definition) is 1. The lowest BCUT2D eigenvalue weighted by Crippen LogP contribution is -2.25. The van der Waals surface area contributed by atoms with Gasteiger partial charge in [0.1, 0.15) is 0 Å². The van der Waals surface area contributed by atoms with Crippen LogP contribution in [0.4, 0.5) is 0 Å². The van der Waals surface area contributed by atoms with Gasteiger partial charge < -0.3 is 5.32 Å². The molecule has 0 aliphatic heterocycles. The molecule has 1 saturated carbocycles. The van der Waals surface area contributed by atoms with Crippen molar-refractivity contribution in [2.75, 3.05) is 6.54 Å². The molecule has 1 fully saturated rings. The fourth-order valence-corrected chi connectivity index (χ4v) is 1.40. The van der Waals surface area contributed by atoms with Crippen molar-refractivity contribution in [1.29, 1.82) is 0 Å². The van der Waals surface area contributed by atoms with Crippen LogP contribution < -0.4 is 5.32 Å². The van der Waals surface area contributed by atoms with E-state index in [9.17, 15) is 0 Å². The molecule has 0 unspecified atom stereocenters. The lowest BCUT2D eigenvalue weighted by Gasteiger charge is -2.07. The molecule has 48 valence electrons. The Hall–Kier alpha value is -0.300. The number of rotatable bonds is 3. The molecule has 0 heterocycles. The summed E-state index contributed by atoms with van der Waals surface area (Å²) >= 11 is 0. The molecule has 0 aromatic heterocycles. The maximum atomic E-state index is 3.54. The predicted molar refractivity (Wildman–Crippen MR) is 36.2 cm³/mol. The topological polar surface area (TPSA) is 12.0 Å². The van der Waals surface area contributed by atoms with Gasteiger partial charge in [0.2, 0.25) is 0 Å². The van der Waals surface area contributed by atoms with Gasteiger partial charge in [0.05, 0.1) is 6.04 Å². The van der Waals surface area contributed by atoms with Crippen molar-refractivity contribution in [1.82, 2.24) is 5.32 Å². The third-order valence-electron chi connectivity index (χ3n) is 2.59. The summed E-state index contributed by atoms with van der Waals surface area (Å²) in [5.41, 5.74) is 3.46. The highest BCUT2D eigenvalue weighted by atomic mass is 15.0. The van der Waals surface area contributed by atoms with Crippen molar-refractivity contribution in [3.8, 4) is 0 Å².